The van der Waals surface area contributed by atoms with Gasteiger partial charge in [0, 0.05) is 0 Å². The van der Waals surface area contributed by atoms with Crippen LogP contribution in [-0.2, 0) is 21.4 Å². The summed E-state index contributed by atoms with van der Waals surface area (Å²) in [5.41, 5.74) is 1.08. The molecule has 4 aromatic rings. The van der Waals surface area contributed by atoms with Crippen molar-refractivity contribution in [1.29, 1.82) is 0 Å². The van der Waals surface area contributed by atoms with Gasteiger partial charge in [0.05, 0.1) is 22.7 Å². The molecule has 2 heterocycles. The molecule has 0 bridgehead atoms. The first-order valence-electron chi connectivity index (χ1n) is 10.2. The van der Waals surface area contributed by atoms with Crippen molar-refractivity contribution in [2.45, 2.75) is 31.3 Å². The van der Waals surface area contributed by atoms with Gasteiger partial charge in [-0.1, -0.05) is 18.2 Å². The van der Waals surface area contributed by atoms with Gasteiger partial charge in [0.2, 0.25) is 11.8 Å². The third-order valence-electron chi connectivity index (χ3n) is 5.04. The zero-order chi connectivity index (χ0) is 24.3. The molecule has 0 unspecified atom stereocenters. The Kier molecular flexibility index (Phi) is 6.41. The lowest BCUT2D eigenvalue weighted by Gasteiger charge is -2.11. The molecule has 176 valence electrons. The summed E-state index contributed by atoms with van der Waals surface area (Å²) in [5, 5.41) is 6.73. The van der Waals surface area contributed by atoms with E-state index in [0.717, 1.165) is 12.1 Å². The Morgan fingerprint density at radius 1 is 1.21 bits per heavy atom. The van der Waals surface area contributed by atoms with Crippen molar-refractivity contribution >= 4 is 21.6 Å². The van der Waals surface area contributed by atoms with Crippen LogP contribution in [0.5, 0.6) is 0 Å². The average Bonchev–Trinajstić information content (AvgIpc) is 3.47. The number of nitrogens with one attached hydrogen (secondary N) is 2. The number of halogens is 1. The number of aryl methyl sites for hydroxylation is 1. The lowest BCUT2D eigenvalue weighted by molar-refractivity contribution is -0.124. The van der Waals surface area contributed by atoms with E-state index in [0.29, 0.717) is 17.0 Å². The number of para-hydroxylation sites is 1. The average molecular weight is 485 g/mol. The predicted molar refractivity (Wildman–Crippen MR) is 120 cm³/mol. The van der Waals surface area contributed by atoms with Gasteiger partial charge in [-0.15, -0.1) is 0 Å². The first-order chi connectivity index (χ1) is 16.2. The molecule has 10 nitrogen and oxygen atoms in total. The van der Waals surface area contributed by atoms with Gasteiger partial charge in [-0.2, -0.15) is 5.10 Å². The van der Waals surface area contributed by atoms with Crippen LogP contribution in [0.15, 0.2) is 70.5 Å². The number of nitrogens with zero attached hydrogens (tertiary/aromatic N) is 4. The second-order valence-corrected chi connectivity index (χ2v) is 9.08. The van der Waals surface area contributed by atoms with E-state index in [4.69, 9.17) is 4.42 Å². The number of hydrogen-bond donors (Lipinski definition) is 2. The van der Waals surface area contributed by atoms with E-state index in [2.05, 4.69) is 25.1 Å². The maximum absolute atomic E-state index is 13.5. The van der Waals surface area contributed by atoms with Crippen LogP contribution in [0.4, 0.5) is 10.1 Å². The number of oxazole rings is 1. The van der Waals surface area contributed by atoms with Gasteiger partial charge in [-0.05, 0) is 44.2 Å². The van der Waals surface area contributed by atoms with Crippen molar-refractivity contribution in [2.24, 2.45) is 0 Å². The van der Waals surface area contributed by atoms with Gasteiger partial charge in [0.25, 0.3) is 10.0 Å². The first-order valence-corrected chi connectivity index (χ1v) is 11.7. The highest BCUT2D eigenvalue weighted by atomic mass is 32.2. The molecule has 0 spiro atoms. The molecule has 0 aliphatic heterocycles. The number of carbonyl (C=O) groups excluding carboxylic acids is 1. The van der Waals surface area contributed by atoms with Crippen LogP contribution in [0, 0.1) is 12.7 Å². The second-order valence-electron chi connectivity index (χ2n) is 7.40. The zero-order valence-electron chi connectivity index (χ0n) is 18.3. The Morgan fingerprint density at radius 2 is 2.00 bits per heavy atom. The van der Waals surface area contributed by atoms with E-state index in [-0.39, 0.29) is 28.9 Å². The molecule has 12 heteroatoms. The van der Waals surface area contributed by atoms with E-state index in [1.165, 1.54) is 29.5 Å². The zero-order valence-corrected chi connectivity index (χ0v) is 19.1. The molecule has 0 fully saturated rings. The lowest BCUT2D eigenvalue weighted by atomic mass is 10.2. The topological polar surface area (TPSA) is 132 Å². The summed E-state index contributed by atoms with van der Waals surface area (Å²) in [4.78, 5) is 20.5. The highest BCUT2D eigenvalue weighted by molar-refractivity contribution is 7.92. The summed E-state index contributed by atoms with van der Waals surface area (Å²) in [5.74, 6) is -0.308. The van der Waals surface area contributed by atoms with Gasteiger partial charge in [0.1, 0.15) is 36.0 Å². The first kappa shape index (κ1) is 23.1. The largest absolute Gasteiger partial charge is 0.441 e. The van der Waals surface area contributed by atoms with E-state index in [1.54, 1.807) is 38.1 Å². The maximum atomic E-state index is 13.5. The van der Waals surface area contributed by atoms with Crippen molar-refractivity contribution in [3.05, 3.63) is 78.5 Å². The molecule has 0 aliphatic carbocycles. The number of hydrogen-bond acceptors (Lipinski definition) is 7. The highest BCUT2D eigenvalue weighted by Crippen LogP contribution is 2.30. The monoisotopic (exact) mass is 484 g/mol. The SMILES string of the molecule is Cc1oc(-c2ccccc2NS(=O)(=O)c2cccc(F)c2)nc1CNC(=O)[C@@H](C)n1cncn1. The summed E-state index contributed by atoms with van der Waals surface area (Å²) in [6.07, 6.45) is 2.79. The fraction of sp³-hybridized carbons (Fsp3) is 0.182. The van der Waals surface area contributed by atoms with Crippen molar-refractivity contribution in [3.63, 3.8) is 0 Å². The minimum Gasteiger partial charge on any atom is -0.441 e. The van der Waals surface area contributed by atoms with Crippen molar-refractivity contribution in [3.8, 4) is 11.5 Å². The Balaban J connectivity index is 1.54. The fourth-order valence-corrected chi connectivity index (χ4v) is 4.27. The summed E-state index contributed by atoms with van der Waals surface area (Å²) in [6.45, 7) is 3.48. The summed E-state index contributed by atoms with van der Waals surface area (Å²) in [7, 11) is -4.05. The van der Waals surface area contributed by atoms with E-state index < -0.39 is 21.9 Å². The van der Waals surface area contributed by atoms with Crippen molar-refractivity contribution < 1.29 is 22.0 Å². The van der Waals surface area contributed by atoms with E-state index in [1.807, 2.05) is 0 Å². The van der Waals surface area contributed by atoms with Crippen LogP contribution >= 0.6 is 0 Å². The van der Waals surface area contributed by atoms with Crippen LogP contribution in [-0.4, -0.2) is 34.1 Å². The van der Waals surface area contributed by atoms with Gasteiger partial charge in [-0.25, -0.2) is 27.5 Å². The maximum Gasteiger partial charge on any atom is 0.262 e. The molecule has 0 radical (unpaired) electrons. The second kappa shape index (κ2) is 9.43. The number of rotatable bonds is 8. The van der Waals surface area contributed by atoms with E-state index >= 15 is 0 Å². The number of amides is 1. The molecule has 4 rings (SSSR count). The molecule has 2 aromatic carbocycles. The summed E-state index contributed by atoms with van der Waals surface area (Å²) < 4.78 is 48.7. The molecule has 1 atom stereocenters. The Labute approximate surface area is 194 Å². The van der Waals surface area contributed by atoms with Crippen molar-refractivity contribution in [2.75, 3.05) is 4.72 Å². The lowest BCUT2D eigenvalue weighted by Crippen LogP contribution is -2.31. The number of aromatic nitrogens is 4. The molecular formula is C22H21FN6O4S. The van der Waals surface area contributed by atoms with Gasteiger partial charge in [-0.3, -0.25) is 9.52 Å². The Bertz CT molecular complexity index is 1420. The van der Waals surface area contributed by atoms with E-state index in [9.17, 15) is 17.6 Å². The highest BCUT2D eigenvalue weighted by Gasteiger charge is 2.21. The Morgan fingerprint density at radius 3 is 2.74 bits per heavy atom. The molecule has 0 saturated carbocycles. The molecular weight excluding hydrogens is 463 g/mol. The minimum atomic E-state index is -4.05. The molecule has 1 amide bonds. The smallest absolute Gasteiger partial charge is 0.262 e. The summed E-state index contributed by atoms with van der Waals surface area (Å²) >= 11 is 0. The summed E-state index contributed by atoms with van der Waals surface area (Å²) in [6, 6.07) is 10.7. The predicted octanol–water partition coefficient (Wildman–Crippen LogP) is 3.06. The minimum absolute atomic E-state index is 0.102. The van der Waals surface area contributed by atoms with Crippen LogP contribution < -0.4 is 10.0 Å². The number of carbonyl (C=O) groups is 1. The normalized spacial score (nSPS) is 12.3. The van der Waals surface area contributed by atoms with Crippen LogP contribution in [0.1, 0.15) is 24.4 Å². The van der Waals surface area contributed by atoms with Crippen LogP contribution in [0.25, 0.3) is 11.5 Å². The third-order valence-corrected chi connectivity index (χ3v) is 6.41. The fourth-order valence-electron chi connectivity index (χ4n) is 3.16. The van der Waals surface area contributed by atoms with Crippen molar-refractivity contribution in [1.82, 2.24) is 25.1 Å². The van der Waals surface area contributed by atoms with Gasteiger partial charge in [0.15, 0.2) is 0 Å². The quantitative estimate of drug-likeness (QED) is 0.393. The van der Waals surface area contributed by atoms with Crippen LogP contribution in [0.3, 0.4) is 0 Å². The van der Waals surface area contributed by atoms with Gasteiger partial charge >= 0.3 is 0 Å². The molecule has 0 saturated heterocycles. The molecule has 2 N–H and O–H groups in total. The number of sulfonamides is 1. The van der Waals surface area contributed by atoms with Gasteiger partial charge < -0.3 is 9.73 Å². The number of benzene rings is 2. The molecule has 0 aliphatic rings. The van der Waals surface area contributed by atoms with Crippen LogP contribution in [0.2, 0.25) is 0 Å². The molecule has 34 heavy (non-hydrogen) atoms. The number of anilines is 1. The third kappa shape index (κ3) is 4.96. The Hall–Kier alpha value is -4.06. The standard InChI is InChI=1S/C22H21FN6O4S/c1-14(29-13-24-12-26-29)21(30)25-11-20-15(2)33-22(27-20)18-8-3-4-9-19(18)28-34(31,32)17-7-5-6-16(23)10-17/h3-10,12-14,28H,11H2,1-2H3,(H,25,30)/t14-/m1/s1. The molecule has 2 aromatic heterocycles.